The third-order valence-corrected chi connectivity index (χ3v) is 5.07. The molecule has 0 spiro atoms. The molecule has 27 heavy (non-hydrogen) atoms. The average molecular weight is 371 g/mol. The summed E-state index contributed by atoms with van der Waals surface area (Å²) in [5.74, 6) is 0.663. The van der Waals surface area contributed by atoms with Crippen molar-refractivity contribution in [2.24, 2.45) is 0 Å². The minimum absolute atomic E-state index is 0.0476. The fourth-order valence-electron chi connectivity index (χ4n) is 3.30. The number of carbonyl (C=O) groups is 2. The standard InChI is InChI=1S/C20H25N3O4/c1-13-18(14(2)27-22-13)11-23-10-9-17(7-8-19(23)25)21-20(26)16-5-3-15(12-24)4-6-16/h3-6,17,24H,7-12H2,1-2H3,(H,21,26). The highest BCUT2D eigenvalue weighted by Crippen LogP contribution is 2.19. The molecule has 0 aliphatic carbocycles. The number of likely N-dealkylation sites (tertiary alicyclic amines) is 1. The summed E-state index contributed by atoms with van der Waals surface area (Å²) in [4.78, 5) is 26.7. The lowest BCUT2D eigenvalue weighted by atomic mass is 10.1. The fraction of sp³-hybridized carbons (Fsp3) is 0.450. The van der Waals surface area contributed by atoms with Crippen LogP contribution in [0.4, 0.5) is 0 Å². The van der Waals surface area contributed by atoms with E-state index >= 15 is 0 Å². The van der Waals surface area contributed by atoms with Gasteiger partial charge in [-0.2, -0.15) is 0 Å². The molecule has 1 aliphatic heterocycles. The largest absolute Gasteiger partial charge is 0.392 e. The first-order chi connectivity index (χ1) is 13.0. The number of amides is 2. The van der Waals surface area contributed by atoms with Crippen LogP contribution in [0.1, 0.15) is 52.2 Å². The normalized spacial score (nSPS) is 17.7. The van der Waals surface area contributed by atoms with Gasteiger partial charge in [0.25, 0.3) is 5.91 Å². The predicted molar refractivity (Wildman–Crippen MR) is 98.9 cm³/mol. The molecule has 1 aromatic carbocycles. The van der Waals surface area contributed by atoms with E-state index in [4.69, 9.17) is 9.63 Å². The van der Waals surface area contributed by atoms with E-state index in [1.165, 1.54) is 0 Å². The first-order valence-electron chi connectivity index (χ1n) is 9.18. The zero-order chi connectivity index (χ0) is 19.4. The Morgan fingerprint density at radius 2 is 2.04 bits per heavy atom. The van der Waals surface area contributed by atoms with Crippen molar-refractivity contribution < 1.29 is 19.2 Å². The molecule has 1 unspecified atom stereocenters. The van der Waals surface area contributed by atoms with E-state index in [2.05, 4.69) is 10.5 Å². The number of rotatable bonds is 5. The number of benzene rings is 1. The van der Waals surface area contributed by atoms with Crippen LogP contribution in [0.25, 0.3) is 0 Å². The topological polar surface area (TPSA) is 95.7 Å². The maximum atomic E-state index is 12.5. The zero-order valence-electron chi connectivity index (χ0n) is 15.7. The lowest BCUT2D eigenvalue weighted by Gasteiger charge is -2.21. The van der Waals surface area contributed by atoms with E-state index in [0.717, 1.165) is 22.6 Å². The van der Waals surface area contributed by atoms with Crippen LogP contribution in [0, 0.1) is 13.8 Å². The van der Waals surface area contributed by atoms with Crippen LogP contribution in [-0.4, -0.2) is 39.6 Å². The molecule has 1 atom stereocenters. The molecular formula is C20H25N3O4. The molecule has 2 N–H and O–H groups in total. The Labute approximate surface area is 158 Å². The highest BCUT2D eigenvalue weighted by molar-refractivity contribution is 5.94. The molecule has 0 saturated carbocycles. The number of carbonyl (C=O) groups excluding carboxylic acids is 2. The molecule has 0 bridgehead atoms. The summed E-state index contributed by atoms with van der Waals surface area (Å²) in [6, 6.07) is 6.82. The number of aliphatic hydroxyl groups excluding tert-OH is 1. The zero-order valence-corrected chi connectivity index (χ0v) is 15.7. The van der Waals surface area contributed by atoms with E-state index in [9.17, 15) is 9.59 Å². The summed E-state index contributed by atoms with van der Waals surface area (Å²) < 4.78 is 5.18. The maximum Gasteiger partial charge on any atom is 0.251 e. The summed E-state index contributed by atoms with van der Waals surface area (Å²) in [6.07, 6.45) is 1.73. The number of hydrogen-bond donors (Lipinski definition) is 2. The minimum atomic E-state index is -0.156. The van der Waals surface area contributed by atoms with Gasteiger partial charge in [0.05, 0.1) is 18.8 Å². The van der Waals surface area contributed by atoms with Gasteiger partial charge in [-0.15, -0.1) is 0 Å². The second-order valence-electron chi connectivity index (χ2n) is 6.97. The van der Waals surface area contributed by atoms with Gasteiger partial charge in [-0.05, 0) is 44.4 Å². The summed E-state index contributed by atoms with van der Waals surface area (Å²) in [6.45, 7) is 4.75. The Kier molecular flexibility index (Phi) is 5.91. The molecular weight excluding hydrogens is 346 g/mol. The molecule has 1 fully saturated rings. The Morgan fingerprint density at radius 3 is 2.67 bits per heavy atom. The second-order valence-corrected chi connectivity index (χ2v) is 6.97. The SMILES string of the molecule is Cc1noc(C)c1CN1CCC(NC(=O)c2ccc(CO)cc2)CCC1=O. The Bertz CT molecular complexity index is 794. The summed E-state index contributed by atoms with van der Waals surface area (Å²) in [7, 11) is 0. The van der Waals surface area contributed by atoms with Gasteiger partial charge >= 0.3 is 0 Å². The Morgan fingerprint density at radius 1 is 1.30 bits per heavy atom. The number of aromatic nitrogens is 1. The lowest BCUT2D eigenvalue weighted by molar-refractivity contribution is -0.131. The second kappa shape index (κ2) is 8.35. The molecule has 144 valence electrons. The molecule has 7 nitrogen and oxygen atoms in total. The fourth-order valence-corrected chi connectivity index (χ4v) is 3.30. The molecule has 7 heteroatoms. The van der Waals surface area contributed by atoms with Crippen LogP contribution in [0.2, 0.25) is 0 Å². The highest BCUT2D eigenvalue weighted by atomic mass is 16.5. The Hall–Kier alpha value is -2.67. The summed E-state index contributed by atoms with van der Waals surface area (Å²) in [5, 5.41) is 16.1. The van der Waals surface area contributed by atoms with Crippen molar-refractivity contribution in [2.75, 3.05) is 6.54 Å². The van der Waals surface area contributed by atoms with Crippen molar-refractivity contribution >= 4 is 11.8 Å². The van der Waals surface area contributed by atoms with Crippen LogP contribution >= 0.6 is 0 Å². The molecule has 1 aromatic heterocycles. The maximum absolute atomic E-state index is 12.5. The van der Waals surface area contributed by atoms with Crippen molar-refractivity contribution in [1.82, 2.24) is 15.4 Å². The third-order valence-electron chi connectivity index (χ3n) is 5.07. The van der Waals surface area contributed by atoms with E-state index in [1.807, 2.05) is 18.7 Å². The number of nitrogens with one attached hydrogen (secondary N) is 1. The van der Waals surface area contributed by atoms with Gasteiger partial charge in [0.1, 0.15) is 5.76 Å². The predicted octanol–water partition coefficient (Wildman–Crippen LogP) is 2.09. The number of nitrogens with zero attached hydrogens (tertiary/aromatic N) is 2. The van der Waals surface area contributed by atoms with E-state index in [1.54, 1.807) is 24.3 Å². The van der Waals surface area contributed by atoms with Crippen LogP contribution in [0.15, 0.2) is 28.8 Å². The molecule has 2 aromatic rings. The lowest BCUT2D eigenvalue weighted by Crippen LogP contribution is -2.36. The molecule has 3 rings (SSSR count). The van der Waals surface area contributed by atoms with E-state index < -0.39 is 0 Å². The van der Waals surface area contributed by atoms with Crippen molar-refractivity contribution in [3.05, 3.63) is 52.4 Å². The average Bonchev–Trinajstić information content (AvgIpc) is 2.89. The van der Waals surface area contributed by atoms with Gasteiger partial charge in [-0.25, -0.2) is 0 Å². The molecule has 1 aliphatic rings. The molecule has 1 saturated heterocycles. The van der Waals surface area contributed by atoms with Gasteiger partial charge in [0.15, 0.2) is 0 Å². The van der Waals surface area contributed by atoms with Crippen LogP contribution < -0.4 is 5.32 Å². The van der Waals surface area contributed by atoms with Crippen LogP contribution in [-0.2, 0) is 17.9 Å². The van der Waals surface area contributed by atoms with Gasteiger partial charge in [-0.1, -0.05) is 17.3 Å². The highest BCUT2D eigenvalue weighted by Gasteiger charge is 2.25. The van der Waals surface area contributed by atoms with Gasteiger partial charge in [0, 0.05) is 30.1 Å². The molecule has 2 amide bonds. The van der Waals surface area contributed by atoms with Gasteiger partial charge in [0.2, 0.25) is 5.91 Å². The van der Waals surface area contributed by atoms with Crippen LogP contribution in [0.5, 0.6) is 0 Å². The first kappa shape index (κ1) is 19.1. The molecule has 0 radical (unpaired) electrons. The smallest absolute Gasteiger partial charge is 0.251 e. The summed E-state index contributed by atoms with van der Waals surface area (Å²) >= 11 is 0. The van der Waals surface area contributed by atoms with Gasteiger partial charge in [-0.3, -0.25) is 9.59 Å². The number of aliphatic hydroxyl groups is 1. The minimum Gasteiger partial charge on any atom is -0.392 e. The third kappa shape index (κ3) is 4.54. The van der Waals surface area contributed by atoms with Crippen LogP contribution in [0.3, 0.4) is 0 Å². The quantitative estimate of drug-likeness (QED) is 0.839. The van der Waals surface area contributed by atoms with E-state index in [-0.39, 0.29) is 24.5 Å². The van der Waals surface area contributed by atoms with E-state index in [0.29, 0.717) is 37.9 Å². The monoisotopic (exact) mass is 371 g/mol. The van der Waals surface area contributed by atoms with Crippen molar-refractivity contribution in [1.29, 1.82) is 0 Å². The number of hydrogen-bond acceptors (Lipinski definition) is 5. The van der Waals surface area contributed by atoms with Gasteiger partial charge < -0.3 is 19.8 Å². The van der Waals surface area contributed by atoms with Crippen molar-refractivity contribution in [3.63, 3.8) is 0 Å². The molecule has 2 heterocycles. The summed E-state index contributed by atoms with van der Waals surface area (Å²) in [5.41, 5.74) is 3.08. The first-order valence-corrected chi connectivity index (χ1v) is 9.18. The van der Waals surface area contributed by atoms with Crippen molar-refractivity contribution in [3.8, 4) is 0 Å². The van der Waals surface area contributed by atoms with Crippen molar-refractivity contribution in [2.45, 2.75) is 52.3 Å². The Balaban J connectivity index is 1.60. The number of aryl methyl sites for hydroxylation is 2.